The Morgan fingerprint density at radius 2 is 1.29 bits per heavy atom. The summed E-state index contributed by atoms with van der Waals surface area (Å²) >= 11 is 0. The molecule has 0 aromatic rings. The minimum Gasteiger partial charge on any atom is -0.478 e. The number of carboxylic acids is 2. The van der Waals surface area contributed by atoms with Crippen molar-refractivity contribution in [1.29, 1.82) is 0 Å². The SMILES string of the molecule is C=CC(=O)O.C=CC(=O)O.CCOC(C)(OC)C(CO)(CO)CO. The molecule has 0 radical (unpaired) electrons. The van der Waals surface area contributed by atoms with Crippen LogP contribution >= 0.6 is 0 Å². The van der Waals surface area contributed by atoms with Crippen LogP contribution in [0.2, 0.25) is 0 Å². The molecule has 142 valence electrons. The highest BCUT2D eigenvalue weighted by Gasteiger charge is 2.49. The van der Waals surface area contributed by atoms with Gasteiger partial charge in [0.2, 0.25) is 0 Å². The molecule has 0 fully saturated rings. The molecule has 5 N–H and O–H groups in total. The smallest absolute Gasteiger partial charge is 0.327 e. The van der Waals surface area contributed by atoms with E-state index in [1.807, 2.05) is 0 Å². The molecule has 0 heterocycles. The molecule has 0 aliphatic heterocycles. The zero-order valence-electron chi connectivity index (χ0n) is 14.3. The fourth-order valence-electron chi connectivity index (χ4n) is 1.28. The van der Waals surface area contributed by atoms with Crippen LogP contribution < -0.4 is 0 Å². The Hall–Kier alpha value is -1.78. The summed E-state index contributed by atoms with van der Waals surface area (Å²) in [6.07, 6.45) is 1.67. The Kier molecular flexibility index (Phi) is 16.7. The summed E-state index contributed by atoms with van der Waals surface area (Å²) in [7, 11) is 1.41. The molecule has 0 saturated heterocycles. The fraction of sp³-hybridized carbons (Fsp3) is 0.600. The molecule has 1 unspecified atom stereocenters. The maximum atomic E-state index is 9.25. The van der Waals surface area contributed by atoms with Crippen molar-refractivity contribution < 1.29 is 44.6 Å². The Morgan fingerprint density at radius 1 is 1.00 bits per heavy atom. The molecule has 0 aromatic heterocycles. The van der Waals surface area contributed by atoms with Gasteiger partial charge in [-0.1, -0.05) is 13.2 Å². The van der Waals surface area contributed by atoms with Crippen molar-refractivity contribution in [2.45, 2.75) is 19.6 Å². The number of aliphatic carboxylic acids is 2. The highest BCUT2D eigenvalue weighted by atomic mass is 16.7. The van der Waals surface area contributed by atoms with Crippen molar-refractivity contribution in [3.05, 3.63) is 25.3 Å². The lowest BCUT2D eigenvalue weighted by Gasteiger charge is -2.43. The first kappa shape index (κ1) is 27.1. The minimum atomic E-state index is -1.20. The third-order valence-electron chi connectivity index (χ3n) is 3.03. The normalized spacial score (nSPS) is 12.4. The van der Waals surface area contributed by atoms with E-state index in [0.717, 1.165) is 12.2 Å². The van der Waals surface area contributed by atoms with Gasteiger partial charge < -0.3 is 35.0 Å². The van der Waals surface area contributed by atoms with Crippen LogP contribution in [-0.2, 0) is 19.1 Å². The largest absolute Gasteiger partial charge is 0.478 e. The molecule has 24 heavy (non-hydrogen) atoms. The Labute approximate surface area is 141 Å². The monoisotopic (exact) mass is 352 g/mol. The highest BCUT2D eigenvalue weighted by Crippen LogP contribution is 2.34. The van der Waals surface area contributed by atoms with Gasteiger partial charge in [-0.25, -0.2) is 9.59 Å². The van der Waals surface area contributed by atoms with Gasteiger partial charge in [0.1, 0.15) is 0 Å². The number of carbonyl (C=O) groups is 2. The van der Waals surface area contributed by atoms with Crippen molar-refractivity contribution in [2.75, 3.05) is 33.5 Å². The summed E-state index contributed by atoms with van der Waals surface area (Å²) < 4.78 is 10.4. The van der Waals surface area contributed by atoms with Gasteiger partial charge in [-0.3, -0.25) is 0 Å². The summed E-state index contributed by atoms with van der Waals surface area (Å²) in [6, 6.07) is 0. The van der Waals surface area contributed by atoms with Crippen LogP contribution in [0.1, 0.15) is 13.8 Å². The molecule has 0 aromatic carbocycles. The molecule has 0 rings (SSSR count). The first-order valence-electron chi connectivity index (χ1n) is 6.82. The lowest BCUT2D eigenvalue weighted by atomic mass is 9.82. The summed E-state index contributed by atoms with van der Waals surface area (Å²) in [5.74, 6) is -3.16. The van der Waals surface area contributed by atoms with E-state index in [0.29, 0.717) is 6.61 Å². The molecule has 0 saturated carbocycles. The van der Waals surface area contributed by atoms with E-state index in [1.165, 1.54) is 7.11 Å². The third-order valence-corrected chi connectivity index (χ3v) is 3.03. The first-order valence-corrected chi connectivity index (χ1v) is 6.82. The van der Waals surface area contributed by atoms with Gasteiger partial charge in [0.25, 0.3) is 0 Å². The number of aliphatic hydroxyl groups is 3. The molecular weight excluding hydrogens is 324 g/mol. The number of aliphatic hydroxyl groups excluding tert-OH is 3. The predicted octanol–water partition coefficient (Wildman–Crippen LogP) is -0.137. The van der Waals surface area contributed by atoms with E-state index in [1.54, 1.807) is 13.8 Å². The Morgan fingerprint density at radius 3 is 1.42 bits per heavy atom. The number of hydrogen-bond acceptors (Lipinski definition) is 7. The first-order chi connectivity index (χ1) is 11.1. The second kappa shape index (κ2) is 14.8. The Bertz CT molecular complexity index is 351. The zero-order valence-corrected chi connectivity index (χ0v) is 14.3. The Balaban J connectivity index is -0.000000361. The van der Waals surface area contributed by atoms with E-state index >= 15 is 0 Å². The van der Waals surface area contributed by atoms with Crippen LogP contribution in [0.15, 0.2) is 25.3 Å². The quantitative estimate of drug-likeness (QED) is 0.282. The lowest BCUT2D eigenvalue weighted by molar-refractivity contribution is -0.298. The van der Waals surface area contributed by atoms with Crippen molar-refractivity contribution in [3.63, 3.8) is 0 Å². The molecule has 1 atom stereocenters. The van der Waals surface area contributed by atoms with Crippen LogP contribution in [0.25, 0.3) is 0 Å². The maximum absolute atomic E-state index is 9.25. The zero-order chi connectivity index (χ0) is 19.8. The molecule has 9 heteroatoms. The summed E-state index contributed by atoms with van der Waals surface area (Å²) in [6.45, 7) is 8.41. The second-order valence-electron chi connectivity index (χ2n) is 4.42. The maximum Gasteiger partial charge on any atom is 0.327 e. The van der Waals surface area contributed by atoms with Gasteiger partial charge in [-0.2, -0.15) is 0 Å². The van der Waals surface area contributed by atoms with Crippen molar-refractivity contribution in [2.24, 2.45) is 5.41 Å². The average Bonchev–Trinajstić information content (AvgIpc) is 2.58. The van der Waals surface area contributed by atoms with E-state index in [4.69, 9.17) is 19.7 Å². The fourth-order valence-corrected chi connectivity index (χ4v) is 1.28. The van der Waals surface area contributed by atoms with E-state index in [9.17, 15) is 24.9 Å². The van der Waals surface area contributed by atoms with Crippen LogP contribution in [0.5, 0.6) is 0 Å². The highest BCUT2D eigenvalue weighted by molar-refractivity contribution is 5.79. The van der Waals surface area contributed by atoms with Gasteiger partial charge in [-0.15, -0.1) is 0 Å². The molecule has 0 amide bonds. The molecular formula is C15H28O9. The van der Waals surface area contributed by atoms with Crippen molar-refractivity contribution >= 4 is 11.9 Å². The van der Waals surface area contributed by atoms with Crippen LogP contribution in [0.3, 0.4) is 0 Å². The van der Waals surface area contributed by atoms with Crippen molar-refractivity contribution in [3.8, 4) is 0 Å². The van der Waals surface area contributed by atoms with Gasteiger partial charge in [0.15, 0.2) is 5.79 Å². The number of hydrogen-bond donors (Lipinski definition) is 5. The molecule has 0 aliphatic carbocycles. The number of ether oxygens (including phenoxy) is 2. The molecule has 0 aliphatic rings. The predicted molar refractivity (Wildman–Crippen MR) is 86.4 cm³/mol. The lowest BCUT2D eigenvalue weighted by Crippen LogP contribution is -2.56. The van der Waals surface area contributed by atoms with Crippen LogP contribution in [0.4, 0.5) is 0 Å². The summed E-state index contributed by atoms with van der Waals surface area (Å²) in [4.78, 5) is 18.5. The van der Waals surface area contributed by atoms with Crippen LogP contribution in [0, 0.1) is 5.41 Å². The average molecular weight is 352 g/mol. The number of rotatable bonds is 9. The topological polar surface area (TPSA) is 154 Å². The van der Waals surface area contributed by atoms with Crippen LogP contribution in [-0.4, -0.2) is 76.8 Å². The molecule has 0 spiro atoms. The van der Waals surface area contributed by atoms with E-state index < -0.39 is 43.0 Å². The summed E-state index contributed by atoms with van der Waals surface area (Å²) in [5, 5.41) is 42.8. The molecule has 9 nitrogen and oxygen atoms in total. The standard InChI is InChI=1S/C9H20O5.2C3H4O2/c1-4-14-8(2,13-3)9(5-10,6-11)7-12;2*1-2-3(4)5/h10-12H,4-7H2,1-3H3;2*2H,1H2,(H,4,5). The third kappa shape index (κ3) is 10.1. The minimum absolute atomic E-state index is 0.367. The van der Waals surface area contributed by atoms with Gasteiger partial charge in [0, 0.05) is 25.9 Å². The molecule has 0 bridgehead atoms. The van der Waals surface area contributed by atoms with Gasteiger partial charge in [0.05, 0.1) is 25.2 Å². The summed E-state index contributed by atoms with van der Waals surface area (Å²) in [5.41, 5.74) is -1.20. The number of carboxylic acid groups (broad SMARTS) is 2. The van der Waals surface area contributed by atoms with E-state index in [2.05, 4.69) is 13.2 Å². The van der Waals surface area contributed by atoms with Crippen molar-refractivity contribution in [1.82, 2.24) is 0 Å². The van der Waals surface area contributed by atoms with Gasteiger partial charge in [-0.05, 0) is 13.8 Å². The second-order valence-corrected chi connectivity index (χ2v) is 4.42. The number of methoxy groups -OCH3 is 1. The van der Waals surface area contributed by atoms with Gasteiger partial charge >= 0.3 is 11.9 Å². The van der Waals surface area contributed by atoms with E-state index in [-0.39, 0.29) is 0 Å².